The second-order valence-corrected chi connectivity index (χ2v) is 11.2. The minimum atomic E-state index is -3.90. The van der Waals surface area contributed by atoms with Gasteiger partial charge in [0.25, 0.3) is 5.91 Å². The van der Waals surface area contributed by atoms with Crippen LogP contribution in [0.15, 0.2) is 71.6 Å². The van der Waals surface area contributed by atoms with Crippen LogP contribution in [0.5, 0.6) is 11.5 Å². The fraction of sp³-hybridized carbons (Fsp3) is 0.296. The molecule has 1 heterocycles. The molecule has 0 saturated carbocycles. The first-order valence-electron chi connectivity index (χ1n) is 11.7. The largest absolute Gasteiger partial charge is 0.456 e. The molecule has 36 heavy (non-hydrogen) atoms. The van der Waals surface area contributed by atoms with Crippen molar-refractivity contribution in [3.8, 4) is 11.5 Å². The Morgan fingerprint density at radius 1 is 1.03 bits per heavy atom. The van der Waals surface area contributed by atoms with Gasteiger partial charge in [0.2, 0.25) is 10.0 Å². The minimum Gasteiger partial charge on any atom is -0.456 e. The number of nitrogens with two attached hydrogens (primary N) is 1. The number of carbonyl (C=O) groups excluding carboxylic acids is 1. The van der Waals surface area contributed by atoms with Gasteiger partial charge in [0.05, 0.1) is 23.7 Å². The maximum atomic E-state index is 13.3. The normalized spacial score (nSPS) is 14.4. The quantitative estimate of drug-likeness (QED) is 0.464. The number of sulfonamides is 1. The van der Waals surface area contributed by atoms with Gasteiger partial charge in [0.1, 0.15) is 11.5 Å². The highest BCUT2D eigenvalue weighted by molar-refractivity contribution is 7.89. The number of nitrogens with one attached hydrogen (secondary N) is 1. The van der Waals surface area contributed by atoms with E-state index in [2.05, 4.69) is 31.0 Å². The van der Waals surface area contributed by atoms with Crippen molar-refractivity contribution in [1.29, 1.82) is 0 Å². The van der Waals surface area contributed by atoms with Gasteiger partial charge in [-0.3, -0.25) is 4.79 Å². The first-order chi connectivity index (χ1) is 17.0. The van der Waals surface area contributed by atoms with Crippen LogP contribution in [-0.4, -0.2) is 40.6 Å². The molecule has 0 atom stereocenters. The summed E-state index contributed by atoms with van der Waals surface area (Å²) in [5.74, 6) is 0.582. The molecule has 0 unspecified atom stereocenters. The number of anilines is 2. The number of hydrogen-bond donors (Lipinski definition) is 2. The van der Waals surface area contributed by atoms with Crippen LogP contribution in [-0.2, 0) is 20.2 Å². The van der Waals surface area contributed by atoms with Crippen LogP contribution in [0.2, 0.25) is 0 Å². The third-order valence-electron chi connectivity index (χ3n) is 5.93. The van der Waals surface area contributed by atoms with Gasteiger partial charge in [-0.1, -0.05) is 39.0 Å². The molecule has 0 aliphatic carbocycles. The third kappa shape index (κ3) is 6.23. The molecule has 3 aromatic carbocycles. The van der Waals surface area contributed by atoms with Crippen LogP contribution in [0.4, 0.5) is 11.4 Å². The predicted molar refractivity (Wildman–Crippen MR) is 147 cm³/mol. The predicted octanol–water partition coefficient (Wildman–Crippen LogP) is 5.25. The maximum absolute atomic E-state index is 13.3. The number of amides is 1. The molecule has 0 aromatic heterocycles. The Morgan fingerprint density at radius 2 is 1.75 bits per heavy atom. The number of ether oxygens (including phenoxy) is 2. The Hall–Kier alpha value is -3.40. The van der Waals surface area contributed by atoms with Crippen molar-refractivity contribution < 1.29 is 27.0 Å². The number of carbonyl (C=O) groups is 1. The van der Waals surface area contributed by atoms with Crippen molar-refractivity contribution in [2.24, 2.45) is 5.14 Å². The van der Waals surface area contributed by atoms with Gasteiger partial charge in [-0.25, -0.2) is 13.6 Å². The highest BCUT2D eigenvalue weighted by Gasteiger charge is 2.21. The van der Waals surface area contributed by atoms with Crippen molar-refractivity contribution in [3.05, 3.63) is 77.9 Å². The molecule has 1 aliphatic heterocycles. The smallest absolute Gasteiger partial charge is 0.259 e. The maximum Gasteiger partial charge on any atom is 0.259 e. The fourth-order valence-electron chi connectivity index (χ4n) is 3.90. The van der Waals surface area contributed by atoms with Gasteiger partial charge >= 0.3 is 0 Å². The standard InChI is InChI=1S/C27H31N3O5S.3H2/c1-27(2,3)19-10-11-24(26(31)29-20-6-4-9-23(17-20)36(28,32)33)25(16-19)35-22-8-5-7-21(18-22)30-12-14-34-15-13-30;;;/h4-11,16-18H,12-15H2,1-3H3,(H,29,31)(H2,28,32,33);3*1H. The topological polar surface area (TPSA) is 111 Å². The van der Waals surface area contributed by atoms with Crippen molar-refractivity contribution in [1.82, 2.24) is 0 Å². The Morgan fingerprint density at radius 3 is 2.44 bits per heavy atom. The number of morpholine rings is 1. The van der Waals surface area contributed by atoms with E-state index in [9.17, 15) is 13.2 Å². The third-order valence-corrected chi connectivity index (χ3v) is 6.85. The first kappa shape index (κ1) is 25.7. The molecule has 1 saturated heterocycles. The highest BCUT2D eigenvalue weighted by Crippen LogP contribution is 2.33. The van der Waals surface area contributed by atoms with E-state index in [4.69, 9.17) is 14.6 Å². The van der Waals surface area contributed by atoms with Crippen LogP contribution in [0, 0.1) is 0 Å². The first-order valence-corrected chi connectivity index (χ1v) is 13.2. The average Bonchev–Trinajstić information content (AvgIpc) is 2.84. The molecule has 9 heteroatoms. The number of rotatable bonds is 6. The molecule has 8 nitrogen and oxygen atoms in total. The molecule has 1 amide bonds. The van der Waals surface area contributed by atoms with E-state index in [1.165, 1.54) is 18.2 Å². The molecule has 0 radical (unpaired) electrons. The average molecular weight is 516 g/mol. The van der Waals surface area contributed by atoms with Gasteiger partial charge in [-0.15, -0.1) is 0 Å². The van der Waals surface area contributed by atoms with Crippen molar-refractivity contribution >= 4 is 27.3 Å². The summed E-state index contributed by atoms with van der Waals surface area (Å²) in [4.78, 5) is 15.4. The lowest BCUT2D eigenvalue weighted by Crippen LogP contribution is -2.36. The summed E-state index contributed by atoms with van der Waals surface area (Å²) >= 11 is 0. The van der Waals surface area contributed by atoms with E-state index in [1.807, 2.05) is 36.4 Å². The summed E-state index contributed by atoms with van der Waals surface area (Å²) in [6.07, 6.45) is 0. The number of hydrogen-bond acceptors (Lipinski definition) is 6. The molecular weight excluding hydrogens is 478 g/mol. The van der Waals surface area contributed by atoms with E-state index in [1.54, 1.807) is 12.1 Å². The lowest BCUT2D eigenvalue weighted by atomic mass is 9.86. The van der Waals surface area contributed by atoms with Gasteiger partial charge in [-0.2, -0.15) is 0 Å². The van der Waals surface area contributed by atoms with Gasteiger partial charge < -0.3 is 19.7 Å². The van der Waals surface area contributed by atoms with Crippen molar-refractivity contribution in [2.75, 3.05) is 36.5 Å². The SMILES string of the molecule is CC(C)(C)c1ccc(C(=O)Nc2cccc(S(N)(=O)=O)c2)c(Oc2cccc(N3CCOCC3)c2)c1.[HH].[HH].[HH]. The molecule has 3 aromatic rings. The van der Waals surface area contributed by atoms with E-state index < -0.39 is 15.9 Å². The Bertz CT molecular complexity index is 1380. The summed E-state index contributed by atoms with van der Waals surface area (Å²) in [5, 5.41) is 7.99. The molecule has 4 rings (SSSR count). The number of primary sulfonamides is 1. The summed E-state index contributed by atoms with van der Waals surface area (Å²) in [5.41, 5.74) is 2.50. The molecule has 0 spiro atoms. The monoisotopic (exact) mass is 515 g/mol. The lowest BCUT2D eigenvalue weighted by Gasteiger charge is -2.29. The number of nitrogens with zero attached hydrogens (tertiary/aromatic N) is 1. The molecule has 1 fully saturated rings. The molecule has 0 bridgehead atoms. The van der Waals surface area contributed by atoms with Crippen LogP contribution < -0.4 is 20.1 Å². The molecule has 1 aliphatic rings. The Labute approximate surface area is 216 Å². The van der Waals surface area contributed by atoms with Crippen LogP contribution in [0.1, 0.15) is 41.0 Å². The summed E-state index contributed by atoms with van der Waals surface area (Å²) in [6, 6.07) is 19.1. The molecular formula is C27H37N3O5S. The Kier molecular flexibility index (Phi) is 7.35. The zero-order valence-electron chi connectivity index (χ0n) is 20.7. The Balaban J connectivity index is 0.00000253. The second-order valence-electron chi connectivity index (χ2n) is 9.69. The highest BCUT2D eigenvalue weighted by atomic mass is 32.2. The lowest BCUT2D eigenvalue weighted by molar-refractivity contribution is 0.102. The van der Waals surface area contributed by atoms with Gasteiger partial charge in [0, 0.05) is 34.8 Å². The van der Waals surface area contributed by atoms with Crippen molar-refractivity contribution in [3.63, 3.8) is 0 Å². The van der Waals surface area contributed by atoms with Crippen LogP contribution in [0.25, 0.3) is 0 Å². The summed E-state index contributed by atoms with van der Waals surface area (Å²) in [6.45, 7) is 9.21. The minimum absolute atomic E-state index is 0. The number of benzene rings is 3. The van der Waals surface area contributed by atoms with Crippen LogP contribution in [0.3, 0.4) is 0 Å². The van der Waals surface area contributed by atoms with E-state index in [-0.39, 0.29) is 14.6 Å². The van der Waals surface area contributed by atoms with E-state index in [0.29, 0.717) is 36.0 Å². The zero-order chi connectivity index (χ0) is 25.9. The van der Waals surface area contributed by atoms with Gasteiger partial charge in [-0.05, 0) is 53.4 Å². The van der Waals surface area contributed by atoms with E-state index in [0.717, 1.165) is 24.3 Å². The van der Waals surface area contributed by atoms with Crippen molar-refractivity contribution in [2.45, 2.75) is 31.1 Å². The van der Waals surface area contributed by atoms with Gasteiger partial charge in [0.15, 0.2) is 0 Å². The van der Waals surface area contributed by atoms with E-state index >= 15 is 0 Å². The fourth-order valence-corrected chi connectivity index (χ4v) is 4.46. The summed E-state index contributed by atoms with van der Waals surface area (Å²) in [7, 11) is -3.90. The second kappa shape index (κ2) is 10.3. The molecule has 196 valence electrons. The van der Waals surface area contributed by atoms with Crippen LogP contribution >= 0.6 is 0 Å². The zero-order valence-corrected chi connectivity index (χ0v) is 21.5. The molecule has 3 N–H and O–H groups in total. The summed E-state index contributed by atoms with van der Waals surface area (Å²) < 4.78 is 35.1.